The average Bonchev–Trinajstić information content (AvgIpc) is 2.82. The van der Waals surface area contributed by atoms with Gasteiger partial charge in [0, 0.05) is 25.2 Å². The molecule has 0 bridgehead atoms. The molecule has 0 aliphatic heterocycles. The van der Waals surface area contributed by atoms with Gasteiger partial charge in [0.05, 0.1) is 11.6 Å². The quantitative estimate of drug-likeness (QED) is 0.799. The van der Waals surface area contributed by atoms with Gasteiger partial charge < -0.3 is 10.8 Å². The highest BCUT2D eigenvalue weighted by Gasteiger charge is 2.22. The van der Waals surface area contributed by atoms with Crippen LogP contribution in [0.4, 0.5) is 5.69 Å². The lowest BCUT2D eigenvalue weighted by Crippen LogP contribution is -2.20. The van der Waals surface area contributed by atoms with Gasteiger partial charge in [0.25, 0.3) is 0 Å². The molecule has 1 aliphatic carbocycles. The Morgan fingerprint density at radius 3 is 2.89 bits per heavy atom. The second-order valence-electron chi connectivity index (χ2n) is 5.07. The average molecular weight is 246 g/mol. The van der Waals surface area contributed by atoms with Crippen molar-refractivity contribution in [2.45, 2.75) is 31.7 Å². The SMILES string of the molecule is [2H]C1(CO)CCC(n2cc3cc(N)ccc3n2)CC1. The number of nitrogen functional groups attached to an aromatic ring is 1. The number of rotatable bonds is 2. The number of aliphatic hydroxyl groups is 1. The molecule has 1 saturated carbocycles. The molecule has 0 radical (unpaired) electrons. The number of benzene rings is 1. The van der Waals surface area contributed by atoms with Crippen LogP contribution in [0.25, 0.3) is 10.9 Å². The minimum Gasteiger partial charge on any atom is -0.399 e. The van der Waals surface area contributed by atoms with Crippen LogP contribution in [0.2, 0.25) is 0 Å². The molecular formula is C14H19N3O. The molecule has 0 amide bonds. The van der Waals surface area contributed by atoms with Gasteiger partial charge in [-0.05, 0) is 49.8 Å². The van der Waals surface area contributed by atoms with Gasteiger partial charge in [0.1, 0.15) is 0 Å². The maximum Gasteiger partial charge on any atom is 0.0924 e. The Labute approximate surface area is 108 Å². The lowest BCUT2D eigenvalue weighted by molar-refractivity contribution is 0.165. The molecule has 0 saturated heterocycles. The Morgan fingerprint density at radius 2 is 2.17 bits per heavy atom. The van der Waals surface area contributed by atoms with Crippen molar-refractivity contribution >= 4 is 16.6 Å². The van der Waals surface area contributed by atoms with E-state index in [0.717, 1.165) is 42.3 Å². The van der Waals surface area contributed by atoms with Gasteiger partial charge >= 0.3 is 0 Å². The third-order valence-electron chi connectivity index (χ3n) is 3.81. The van der Waals surface area contributed by atoms with Crippen molar-refractivity contribution in [3.63, 3.8) is 0 Å². The Balaban J connectivity index is 1.82. The second kappa shape index (κ2) is 4.61. The van der Waals surface area contributed by atoms with E-state index in [1.165, 1.54) is 0 Å². The van der Waals surface area contributed by atoms with Gasteiger partial charge in [-0.25, -0.2) is 0 Å². The van der Waals surface area contributed by atoms with Crippen molar-refractivity contribution < 1.29 is 6.48 Å². The first kappa shape index (κ1) is 10.4. The first-order valence-corrected chi connectivity index (χ1v) is 6.45. The van der Waals surface area contributed by atoms with Crippen LogP contribution in [-0.4, -0.2) is 21.5 Å². The molecule has 0 unspecified atom stereocenters. The number of nitrogens with zero attached hydrogens (tertiary/aromatic N) is 2. The molecule has 18 heavy (non-hydrogen) atoms. The molecule has 3 N–H and O–H groups in total. The normalized spacial score (nSPS) is 29.4. The van der Waals surface area contributed by atoms with Crippen LogP contribution < -0.4 is 5.73 Å². The van der Waals surface area contributed by atoms with Crippen molar-refractivity contribution in [3.8, 4) is 0 Å². The van der Waals surface area contributed by atoms with E-state index < -0.39 is 5.89 Å². The van der Waals surface area contributed by atoms with E-state index in [-0.39, 0.29) is 6.61 Å². The van der Waals surface area contributed by atoms with Crippen LogP contribution in [-0.2, 0) is 0 Å². The zero-order chi connectivity index (χ0) is 13.5. The molecule has 1 aromatic carbocycles. The van der Waals surface area contributed by atoms with Gasteiger partial charge in [-0.1, -0.05) is 0 Å². The highest BCUT2D eigenvalue weighted by atomic mass is 16.3. The third kappa shape index (κ3) is 2.08. The summed E-state index contributed by atoms with van der Waals surface area (Å²) in [5, 5.41) is 14.9. The van der Waals surface area contributed by atoms with Crippen LogP contribution in [0.1, 0.15) is 33.1 Å². The number of fused-ring (bicyclic) bond motifs is 1. The Kier molecular flexibility index (Phi) is 2.66. The fourth-order valence-corrected chi connectivity index (χ4v) is 2.68. The molecule has 1 aliphatic rings. The summed E-state index contributed by atoms with van der Waals surface area (Å²) in [4.78, 5) is 0. The van der Waals surface area contributed by atoms with Gasteiger partial charge in [-0.3, -0.25) is 4.68 Å². The standard InChI is InChI=1S/C14H19N3O/c15-12-3-6-14-11(7-12)8-17(16-14)13-4-1-10(9-18)2-5-13/h3,6-8,10,13,18H,1-2,4-5,9,15H2/i10D. The summed E-state index contributed by atoms with van der Waals surface area (Å²) >= 11 is 0. The highest BCUT2D eigenvalue weighted by molar-refractivity contribution is 5.81. The molecule has 0 atom stereocenters. The molecule has 2 aromatic rings. The number of nitrogens with two attached hydrogens (primary N) is 1. The molecule has 0 spiro atoms. The van der Waals surface area contributed by atoms with Crippen LogP contribution in [0, 0.1) is 5.89 Å². The second-order valence-corrected chi connectivity index (χ2v) is 5.07. The Morgan fingerprint density at radius 1 is 1.39 bits per heavy atom. The van der Waals surface area contributed by atoms with E-state index in [9.17, 15) is 5.11 Å². The first-order valence-electron chi connectivity index (χ1n) is 6.95. The van der Waals surface area contributed by atoms with Crippen molar-refractivity contribution in [2.75, 3.05) is 12.3 Å². The maximum atomic E-state index is 9.23. The number of hydrogen-bond donors (Lipinski definition) is 2. The molecule has 4 nitrogen and oxygen atoms in total. The molecule has 1 heterocycles. The molecule has 1 aromatic heterocycles. The fraction of sp³-hybridized carbons (Fsp3) is 0.500. The van der Waals surface area contributed by atoms with Crippen LogP contribution in [0.3, 0.4) is 0 Å². The summed E-state index contributed by atoms with van der Waals surface area (Å²) in [6.45, 7) is -0.0443. The van der Waals surface area contributed by atoms with Gasteiger partial charge in [0.15, 0.2) is 0 Å². The molecule has 3 rings (SSSR count). The van der Waals surface area contributed by atoms with E-state index in [1.54, 1.807) is 0 Å². The zero-order valence-electron chi connectivity index (χ0n) is 11.3. The number of aliphatic hydroxyl groups excluding tert-OH is 1. The number of anilines is 1. The molecule has 1 fully saturated rings. The summed E-state index contributed by atoms with van der Waals surface area (Å²) in [5.74, 6) is -0.645. The van der Waals surface area contributed by atoms with Crippen molar-refractivity contribution in [1.29, 1.82) is 0 Å². The molecule has 96 valence electrons. The van der Waals surface area contributed by atoms with Crippen LogP contribution in [0.15, 0.2) is 24.4 Å². The van der Waals surface area contributed by atoms with Gasteiger partial charge in [0.2, 0.25) is 0 Å². The van der Waals surface area contributed by atoms with Crippen LogP contribution >= 0.6 is 0 Å². The highest BCUT2D eigenvalue weighted by Crippen LogP contribution is 2.32. The van der Waals surface area contributed by atoms with Crippen molar-refractivity contribution in [3.05, 3.63) is 24.4 Å². The monoisotopic (exact) mass is 246 g/mol. The predicted octanol–water partition coefficient (Wildman–Crippen LogP) is 2.34. The lowest BCUT2D eigenvalue weighted by Gasteiger charge is -2.27. The molecular weight excluding hydrogens is 226 g/mol. The van der Waals surface area contributed by atoms with Crippen molar-refractivity contribution in [1.82, 2.24) is 9.78 Å². The fourth-order valence-electron chi connectivity index (χ4n) is 2.68. The number of hydrogen-bond acceptors (Lipinski definition) is 3. The smallest absolute Gasteiger partial charge is 0.0924 e. The van der Waals surface area contributed by atoms with E-state index >= 15 is 0 Å². The number of aromatic nitrogens is 2. The third-order valence-corrected chi connectivity index (χ3v) is 3.81. The minimum atomic E-state index is -0.645. The summed E-state index contributed by atoms with van der Waals surface area (Å²) < 4.78 is 10.1. The van der Waals surface area contributed by atoms with Crippen molar-refractivity contribution in [2.24, 2.45) is 5.89 Å². The predicted molar refractivity (Wildman–Crippen MR) is 72.2 cm³/mol. The summed E-state index contributed by atoms with van der Waals surface area (Å²) in [7, 11) is 0. The zero-order valence-corrected chi connectivity index (χ0v) is 10.3. The lowest BCUT2D eigenvalue weighted by atomic mass is 9.87. The Bertz CT molecular complexity index is 587. The summed E-state index contributed by atoms with van der Waals surface area (Å²) in [6, 6.07) is 6.07. The van der Waals surface area contributed by atoms with Crippen LogP contribution in [0.5, 0.6) is 0 Å². The molecule has 4 heteroatoms. The first-order chi connectivity index (χ1) is 9.09. The topological polar surface area (TPSA) is 64.1 Å². The van der Waals surface area contributed by atoms with E-state index in [0.29, 0.717) is 6.04 Å². The van der Waals surface area contributed by atoms with E-state index in [1.807, 2.05) is 29.1 Å². The van der Waals surface area contributed by atoms with Gasteiger partial charge in [-0.15, -0.1) is 0 Å². The largest absolute Gasteiger partial charge is 0.399 e. The Hall–Kier alpha value is -1.55. The van der Waals surface area contributed by atoms with E-state index in [4.69, 9.17) is 7.10 Å². The summed E-state index contributed by atoms with van der Waals surface area (Å²) in [5.41, 5.74) is 7.48. The van der Waals surface area contributed by atoms with E-state index in [2.05, 4.69) is 5.10 Å². The minimum absolute atomic E-state index is 0.0443. The summed E-state index contributed by atoms with van der Waals surface area (Å²) in [6.07, 6.45) is 5.28. The maximum absolute atomic E-state index is 9.23. The van der Waals surface area contributed by atoms with Gasteiger partial charge in [-0.2, -0.15) is 5.10 Å².